The van der Waals surface area contributed by atoms with E-state index in [0.717, 1.165) is 12.1 Å². The van der Waals surface area contributed by atoms with E-state index < -0.39 is 41.2 Å². The van der Waals surface area contributed by atoms with Gasteiger partial charge in [-0.2, -0.15) is 38.5 Å². The van der Waals surface area contributed by atoms with Crippen LogP contribution >= 0.6 is 9.24 Å². The van der Waals surface area contributed by atoms with Crippen LogP contribution in [0.3, 0.4) is 0 Å². The van der Waals surface area contributed by atoms with Gasteiger partial charge in [-0.1, -0.05) is 54.6 Å². The molecule has 0 saturated heterocycles. The molecule has 220 valence electrons. The van der Waals surface area contributed by atoms with E-state index in [1.54, 1.807) is 47.8 Å². The van der Waals surface area contributed by atoms with Crippen LogP contribution in [0.2, 0.25) is 0 Å². The number of likely N-dealkylation sites (N-methyl/N-ethyl adjacent to an activating group) is 1. The van der Waals surface area contributed by atoms with E-state index in [2.05, 4.69) is 20.6 Å². The summed E-state index contributed by atoms with van der Waals surface area (Å²) in [7, 11) is 3.08. The maximum atomic E-state index is 14.4. The van der Waals surface area contributed by atoms with Crippen molar-refractivity contribution in [3.8, 4) is 0 Å². The van der Waals surface area contributed by atoms with Gasteiger partial charge in [0.25, 0.3) is 0 Å². The Labute approximate surface area is 221 Å². The van der Waals surface area contributed by atoms with Crippen LogP contribution in [0.4, 0.5) is 30.7 Å². The smallest absolute Gasteiger partial charge is 0.351 e. The number of rotatable bonds is 9. The Bertz CT molecular complexity index is 1290. The molecule has 2 N–H and O–H groups in total. The largest absolute Gasteiger partial charge is 0.428 e. The first-order valence-corrected chi connectivity index (χ1v) is 11.8. The molecule has 3 aromatic carbocycles. The monoisotopic (exact) mass is 829 g/mol. The second-order valence-corrected chi connectivity index (χ2v) is 9.36. The van der Waals surface area contributed by atoms with Crippen LogP contribution in [0.1, 0.15) is 16.7 Å². The molecule has 0 aromatic heterocycles. The molecular weight excluding hydrogens is 807 g/mol. The summed E-state index contributed by atoms with van der Waals surface area (Å²) < 4.78 is 97.8. The van der Waals surface area contributed by atoms with E-state index >= 15 is 0 Å². The topological polar surface area (TPSA) is 70.6 Å². The zero-order valence-electron chi connectivity index (χ0n) is 20.5. The van der Waals surface area contributed by atoms with Crippen LogP contribution in [0.25, 0.3) is 0 Å². The summed E-state index contributed by atoms with van der Waals surface area (Å²) in [5, 5.41) is 6.11. The molecule has 0 heterocycles. The zero-order valence-corrected chi connectivity index (χ0v) is 24.0. The molecule has 3 rings (SSSR count). The summed E-state index contributed by atoms with van der Waals surface area (Å²) in [4.78, 5) is 24.8. The number of amides is 1. The summed E-state index contributed by atoms with van der Waals surface area (Å²) in [6, 6.07) is 16.8. The standard InChI is InChI=1S/C26H22F7N3O2P.Fm/c1-34-21(24(36-38,25(28,29)30)26(31,32)33)22(37)35-23(15-16-6-3-2-4-7-16,17-10-12-20(39)13-11-17)18-8-5-9-19(27)14-18;/h2-4,6-14,21,34H,15,39H2,1H3,(H,35,37);/q-1;/t21-,23-;/m1./s1. The van der Waals surface area contributed by atoms with Crippen LogP contribution in [0, 0.1) is 16.8 Å². The van der Waals surface area contributed by atoms with Gasteiger partial charge >= 0.3 is 17.9 Å². The van der Waals surface area contributed by atoms with Gasteiger partial charge in [0.05, 0.1) is 0 Å². The first kappa shape index (κ1) is 31.8. The Hall–Kier alpha value is -4.37. The van der Waals surface area contributed by atoms with Crippen molar-refractivity contribution in [2.24, 2.45) is 5.18 Å². The van der Waals surface area contributed by atoms with Gasteiger partial charge in [-0.3, -0.25) is 9.18 Å². The van der Waals surface area contributed by atoms with Crippen LogP contribution < -0.4 is 15.9 Å². The molecule has 0 fully saturated rings. The summed E-state index contributed by atoms with van der Waals surface area (Å²) in [6.07, 6.45) is -12.8. The van der Waals surface area contributed by atoms with Crippen LogP contribution in [-0.4, -0.2) is 36.9 Å². The normalized spacial score (nSPS) is 14.4. The fourth-order valence-electron chi connectivity index (χ4n) is 4.37. The molecule has 1 amide bonds. The van der Waals surface area contributed by atoms with Crippen molar-refractivity contribution < 1.29 is 35.5 Å². The molecule has 40 heavy (non-hydrogen) atoms. The van der Waals surface area contributed by atoms with Crippen molar-refractivity contribution in [3.63, 3.8) is 0 Å². The minimum absolute atomic E-state index is 0. The third kappa shape index (κ3) is 5.79. The van der Waals surface area contributed by atoms with Crippen LogP contribution in [0.15, 0.2) is 78.0 Å². The molecule has 14 heteroatoms. The van der Waals surface area contributed by atoms with E-state index in [-0.39, 0.29) is 17.5 Å². The van der Waals surface area contributed by atoms with Gasteiger partial charge < -0.3 is 10.6 Å². The first-order chi connectivity index (χ1) is 18.2. The zero-order chi connectivity index (χ0) is 29.1. The molecule has 0 aliphatic heterocycles. The fourth-order valence-corrected chi connectivity index (χ4v) is 4.57. The van der Waals surface area contributed by atoms with Gasteiger partial charge in [0.15, 0.2) is 0 Å². The molecule has 3 aromatic rings. The number of nitrogens with one attached hydrogen (secondary N) is 2. The van der Waals surface area contributed by atoms with Crippen molar-refractivity contribution in [2.45, 2.75) is 35.9 Å². The van der Waals surface area contributed by atoms with E-state index in [0.29, 0.717) is 17.9 Å². The molecule has 0 aliphatic rings. The third-order valence-electron chi connectivity index (χ3n) is 6.28. The minimum atomic E-state index is -6.30. The fraction of sp³-hybridized carbons (Fsp3) is 0.269. The van der Waals surface area contributed by atoms with Crippen LogP contribution in [0.5, 0.6) is 0 Å². The second-order valence-electron chi connectivity index (χ2n) is 8.69. The second kappa shape index (κ2) is 11.8. The summed E-state index contributed by atoms with van der Waals surface area (Å²) >= 11 is 0. The number of nitrogens with zero attached hydrogens (tertiary/aromatic N) is 1. The minimum Gasteiger partial charge on any atom is -0.351 e. The van der Waals surface area contributed by atoms with Gasteiger partial charge in [-0.25, -0.2) is 0 Å². The predicted octanol–water partition coefficient (Wildman–Crippen LogP) is 4.95. The van der Waals surface area contributed by atoms with E-state index in [9.17, 15) is 40.4 Å². The van der Waals surface area contributed by atoms with Crippen molar-refractivity contribution in [2.75, 3.05) is 7.05 Å². The van der Waals surface area contributed by atoms with Gasteiger partial charge in [0.2, 0.25) is 5.91 Å². The van der Waals surface area contributed by atoms with Crippen molar-refractivity contribution >= 4 is 20.5 Å². The number of hydrogen-bond acceptors (Lipinski definition) is 4. The molecule has 3 atom stereocenters. The molecular formula is C26H22F7FmN3O2P-. The Balaban J connectivity index is 0.00000560. The number of alkyl halides is 6. The number of hydrogen-bond donors (Lipinski definition) is 2. The summed E-state index contributed by atoms with van der Waals surface area (Å²) in [5.74, 6) is -2.66. The Morgan fingerprint density at radius 1 is 0.950 bits per heavy atom. The Morgan fingerprint density at radius 2 is 1.52 bits per heavy atom. The molecule has 0 saturated carbocycles. The molecule has 0 aliphatic carbocycles. The van der Waals surface area contributed by atoms with Gasteiger partial charge in [-0.15, -0.1) is 31.8 Å². The van der Waals surface area contributed by atoms with Gasteiger partial charge in [0, 0.05) is 11.4 Å². The number of nitroso groups, excluding NO2 is 1. The summed E-state index contributed by atoms with van der Waals surface area (Å²) in [5.41, 5.74) is -6.53. The molecule has 0 radical (unpaired) electrons. The SMILES string of the molecule is CN[C@H](C(=O)N[C@](Cc1ccccc1)(c1ccc(P)cc1)c1c[c-]cc(F)c1)C(N=O)(C(F)(F)F)C(F)(F)F.[Fm]. The number of benzene rings is 3. The maximum absolute atomic E-state index is 14.4. The van der Waals surface area contributed by atoms with Crippen LogP contribution in [-0.2, 0) is 16.8 Å². The maximum Gasteiger partial charge on any atom is 0.428 e. The van der Waals surface area contributed by atoms with Gasteiger partial charge in [0.1, 0.15) is 6.04 Å². The van der Waals surface area contributed by atoms with Crippen molar-refractivity contribution in [1.82, 2.24) is 10.6 Å². The Kier molecular flexibility index (Phi) is 9.39. The van der Waals surface area contributed by atoms with Crippen molar-refractivity contribution in [3.05, 3.63) is 106 Å². The summed E-state index contributed by atoms with van der Waals surface area (Å²) in [6.45, 7) is 0. The van der Waals surface area contributed by atoms with Gasteiger partial charge in [-0.05, 0) is 35.1 Å². The molecule has 5 nitrogen and oxygen atoms in total. The third-order valence-corrected chi connectivity index (χ3v) is 6.66. The Morgan fingerprint density at radius 3 is 2.00 bits per heavy atom. The number of carbonyl (C=O) groups excluding carboxylic acids is 1. The quantitative estimate of drug-likeness (QED) is 0.139. The van der Waals surface area contributed by atoms with E-state index in [1.807, 2.05) is 0 Å². The predicted molar refractivity (Wildman–Crippen MR) is 134 cm³/mol. The average molecular weight is 829 g/mol. The number of carbonyl (C=O) groups is 1. The number of halogens is 7. The average Bonchev–Trinajstić information content (AvgIpc) is 2.86. The van der Waals surface area contributed by atoms with E-state index in [4.69, 9.17) is 0 Å². The first-order valence-electron chi connectivity index (χ1n) is 11.3. The van der Waals surface area contributed by atoms with Crippen molar-refractivity contribution in [1.29, 1.82) is 0 Å². The van der Waals surface area contributed by atoms with E-state index in [1.165, 1.54) is 23.4 Å². The molecule has 0 spiro atoms. The molecule has 1 unspecified atom stereocenters. The molecule has 0 bridgehead atoms.